The van der Waals surface area contributed by atoms with Crippen LogP contribution in [0.5, 0.6) is 5.75 Å². The SMILES string of the molecule is Cc1cc(C)cc(OCn2ccc(C(=O)Nc3nn(Cc4ccc(Cl)cc4Cl)cc3Br)n2)c1. The molecular formula is C23H20BrCl2N5O2. The van der Waals surface area contributed by atoms with Gasteiger partial charge in [0.25, 0.3) is 5.91 Å². The monoisotopic (exact) mass is 547 g/mol. The first-order valence-corrected chi connectivity index (χ1v) is 11.5. The van der Waals surface area contributed by atoms with Crippen molar-refractivity contribution in [2.24, 2.45) is 0 Å². The number of aromatic nitrogens is 4. The lowest BCUT2D eigenvalue weighted by Crippen LogP contribution is -2.15. The highest BCUT2D eigenvalue weighted by molar-refractivity contribution is 9.10. The van der Waals surface area contributed by atoms with E-state index in [1.165, 1.54) is 0 Å². The molecule has 4 rings (SSSR count). The Bertz CT molecular complexity index is 1300. The van der Waals surface area contributed by atoms with E-state index in [0.29, 0.717) is 26.9 Å². The van der Waals surface area contributed by atoms with Gasteiger partial charge in [0.05, 0.1) is 11.0 Å². The lowest BCUT2D eigenvalue weighted by molar-refractivity contribution is 0.101. The van der Waals surface area contributed by atoms with Crippen LogP contribution in [0.2, 0.25) is 10.0 Å². The maximum absolute atomic E-state index is 12.7. The van der Waals surface area contributed by atoms with E-state index >= 15 is 0 Å². The Hall–Kier alpha value is -2.81. The smallest absolute Gasteiger partial charge is 0.277 e. The molecule has 7 nitrogen and oxygen atoms in total. The summed E-state index contributed by atoms with van der Waals surface area (Å²) >= 11 is 15.6. The number of benzene rings is 2. The lowest BCUT2D eigenvalue weighted by Gasteiger charge is -2.08. The van der Waals surface area contributed by atoms with Gasteiger partial charge in [0, 0.05) is 22.4 Å². The molecule has 170 valence electrons. The van der Waals surface area contributed by atoms with E-state index in [2.05, 4.69) is 37.5 Å². The van der Waals surface area contributed by atoms with Crippen LogP contribution in [0.1, 0.15) is 27.2 Å². The van der Waals surface area contributed by atoms with Crippen LogP contribution in [0.3, 0.4) is 0 Å². The number of aryl methyl sites for hydroxylation is 2. The first kappa shape index (κ1) is 23.4. The molecule has 1 N–H and O–H groups in total. The topological polar surface area (TPSA) is 74.0 Å². The highest BCUT2D eigenvalue weighted by Crippen LogP contribution is 2.25. The summed E-state index contributed by atoms with van der Waals surface area (Å²) in [6.07, 6.45) is 3.45. The van der Waals surface area contributed by atoms with Crippen LogP contribution in [0, 0.1) is 13.8 Å². The summed E-state index contributed by atoms with van der Waals surface area (Å²) in [6.45, 7) is 4.64. The van der Waals surface area contributed by atoms with Crippen LogP contribution in [-0.2, 0) is 13.3 Å². The summed E-state index contributed by atoms with van der Waals surface area (Å²) in [4.78, 5) is 12.7. The first-order valence-electron chi connectivity index (χ1n) is 9.99. The molecule has 0 saturated carbocycles. The van der Waals surface area contributed by atoms with Gasteiger partial charge in [-0.15, -0.1) is 0 Å². The van der Waals surface area contributed by atoms with Crippen molar-refractivity contribution in [2.45, 2.75) is 27.1 Å². The van der Waals surface area contributed by atoms with E-state index in [0.717, 1.165) is 22.4 Å². The molecule has 0 unspecified atom stereocenters. The zero-order valence-electron chi connectivity index (χ0n) is 17.8. The number of anilines is 1. The van der Waals surface area contributed by atoms with E-state index in [4.69, 9.17) is 27.9 Å². The number of amides is 1. The third-order valence-electron chi connectivity index (χ3n) is 4.73. The zero-order chi connectivity index (χ0) is 23.5. The molecule has 0 aliphatic rings. The Morgan fingerprint density at radius 1 is 1.06 bits per heavy atom. The van der Waals surface area contributed by atoms with Crippen molar-refractivity contribution in [3.05, 3.63) is 91.8 Å². The Balaban J connectivity index is 1.39. The highest BCUT2D eigenvalue weighted by atomic mass is 79.9. The van der Waals surface area contributed by atoms with E-state index in [1.807, 2.05) is 32.0 Å². The molecule has 0 saturated heterocycles. The lowest BCUT2D eigenvalue weighted by atomic mass is 10.1. The number of rotatable bonds is 7. The second-order valence-electron chi connectivity index (χ2n) is 7.55. The second kappa shape index (κ2) is 9.99. The van der Waals surface area contributed by atoms with Gasteiger partial charge in [-0.3, -0.25) is 9.48 Å². The molecule has 0 bridgehead atoms. The van der Waals surface area contributed by atoms with Crippen molar-refractivity contribution in [1.82, 2.24) is 19.6 Å². The largest absolute Gasteiger partial charge is 0.471 e. The van der Waals surface area contributed by atoms with Crippen LogP contribution in [0.4, 0.5) is 5.82 Å². The fraction of sp³-hybridized carbons (Fsp3) is 0.174. The van der Waals surface area contributed by atoms with Crippen LogP contribution in [0.25, 0.3) is 0 Å². The molecule has 0 atom stereocenters. The number of carbonyl (C=O) groups excluding carboxylic acids is 1. The maximum Gasteiger partial charge on any atom is 0.277 e. The number of hydrogen-bond donors (Lipinski definition) is 1. The van der Waals surface area contributed by atoms with Gasteiger partial charge in [-0.05, 0) is 76.8 Å². The van der Waals surface area contributed by atoms with Crippen molar-refractivity contribution in [1.29, 1.82) is 0 Å². The fourth-order valence-electron chi connectivity index (χ4n) is 3.27. The number of hydrogen-bond acceptors (Lipinski definition) is 4. The Morgan fingerprint density at radius 3 is 2.55 bits per heavy atom. The summed E-state index contributed by atoms with van der Waals surface area (Å²) in [5, 5.41) is 12.6. The number of halogens is 3. The van der Waals surface area contributed by atoms with Gasteiger partial charge >= 0.3 is 0 Å². The van der Waals surface area contributed by atoms with Crippen LogP contribution < -0.4 is 10.1 Å². The van der Waals surface area contributed by atoms with Gasteiger partial charge in [0.15, 0.2) is 18.2 Å². The van der Waals surface area contributed by atoms with Crippen LogP contribution >= 0.6 is 39.1 Å². The Labute approximate surface area is 209 Å². The molecule has 1 amide bonds. The molecule has 0 aliphatic carbocycles. The summed E-state index contributed by atoms with van der Waals surface area (Å²) < 4.78 is 9.66. The Kier molecular flexibility index (Phi) is 7.07. The molecule has 33 heavy (non-hydrogen) atoms. The van der Waals surface area contributed by atoms with Crippen molar-refractivity contribution in [3.63, 3.8) is 0 Å². The van der Waals surface area contributed by atoms with Crippen molar-refractivity contribution in [3.8, 4) is 5.75 Å². The summed E-state index contributed by atoms with van der Waals surface area (Å²) in [6, 6.07) is 12.9. The molecular weight excluding hydrogens is 529 g/mol. The third-order valence-corrected chi connectivity index (χ3v) is 5.90. The number of carbonyl (C=O) groups is 1. The summed E-state index contributed by atoms with van der Waals surface area (Å²) in [5.41, 5.74) is 3.35. The zero-order valence-corrected chi connectivity index (χ0v) is 20.9. The number of nitrogens with zero attached hydrogens (tertiary/aromatic N) is 4. The number of ether oxygens (including phenoxy) is 1. The molecule has 0 radical (unpaired) electrons. The van der Waals surface area contributed by atoms with Gasteiger partial charge < -0.3 is 10.1 Å². The third kappa shape index (κ3) is 5.96. The Morgan fingerprint density at radius 2 is 1.82 bits per heavy atom. The number of nitrogens with one attached hydrogen (secondary N) is 1. The average molecular weight is 549 g/mol. The fourth-order valence-corrected chi connectivity index (χ4v) is 4.15. The van der Waals surface area contributed by atoms with Crippen molar-refractivity contribution >= 4 is 50.9 Å². The second-order valence-corrected chi connectivity index (χ2v) is 9.25. The molecule has 2 heterocycles. The van der Waals surface area contributed by atoms with Gasteiger partial charge in [-0.2, -0.15) is 10.2 Å². The van der Waals surface area contributed by atoms with Crippen molar-refractivity contribution < 1.29 is 9.53 Å². The van der Waals surface area contributed by atoms with Crippen molar-refractivity contribution in [2.75, 3.05) is 5.32 Å². The normalized spacial score (nSPS) is 10.9. The van der Waals surface area contributed by atoms with E-state index in [9.17, 15) is 4.79 Å². The molecule has 10 heteroatoms. The van der Waals surface area contributed by atoms with E-state index in [-0.39, 0.29) is 18.3 Å². The molecule has 4 aromatic rings. The standard InChI is InChI=1S/C23H20BrCl2N5O2/c1-14-7-15(2)9-18(8-14)33-13-30-6-5-21(28-30)23(32)27-22-19(24)12-31(29-22)11-16-3-4-17(25)10-20(16)26/h3-10,12H,11,13H2,1-2H3,(H,27,29,32). The first-order chi connectivity index (χ1) is 15.8. The summed E-state index contributed by atoms with van der Waals surface area (Å²) in [7, 11) is 0. The van der Waals surface area contributed by atoms with E-state index in [1.54, 1.807) is 40.0 Å². The van der Waals surface area contributed by atoms with Crippen LogP contribution in [-0.4, -0.2) is 25.5 Å². The minimum absolute atomic E-state index is 0.191. The molecule has 0 aliphatic heterocycles. The molecule has 0 spiro atoms. The average Bonchev–Trinajstić information content (AvgIpc) is 3.35. The predicted molar refractivity (Wildman–Crippen MR) is 132 cm³/mol. The highest BCUT2D eigenvalue weighted by Gasteiger charge is 2.15. The van der Waals surface area contributed by atoms with Gasteiger partial charge in [-0.1, -0.05) is 35.3 Å². The van der Waals surface area contributed by atoms with Gasteiger partial charge in [0.1, 0.15) is 5.75 Å². The minimum atomic E-state index is -0.379. The van der Waals surface area contributed by atoms with Gasteiger partial charge in [-0.25, -0.2) is 4.68 Å². The quantitative estimate of drug-likeness (QED) is 0.302. The van der Waals surface area contributed by atoms with Crippen LogP contribution in [0.15, 0.2) is 59.3 Å². The minimum Gasteiger partial charge on any atom is -0.471 e. The maximum atomic E-state index is 12.7. The molecule has 2 aromatic heterocycles. The molecule has 0 fully saturated rings. The molecule has 2 aromatic carbocycles. The van der Waals surface area contributed by atoms with Gasteiger partial charge in [0.2, 0.25) is 0 Å². The van der Waals surface area contributed by atoms with E-state index < -0.39 is 0 Å². The summed E-state index contributed by atoms with van der Waals surface area (Å²) in [5.74, 6) is 0.756. The predicted octanol–water partition coefficient (Wildman–Crippen LogP) is 6.10.